The van der Waals surface area contributed by atoms with E-state index in [4.69, 9.17) is 0 Å². The van der Waals surface area contributed by atoms with Gasteiger partial charge < -0.3 is 0 Å². The van der Waals surface area contributed by atoms with E-state index >= 15 is 0 Å². The lowest BCUT2D eigenvalue weighted by atomic mass is 9.99. The van der Waals surface area contributed by atoms with Crippen LogP contribution >= 0.6 is 0 Å². The van der Waals surface area contributed by atoms with Gasteiger partial charge in [-0.15, -0.1) is 0 Å². The van der Waals surface area contributed by atoms with Gasteiger partial charge in [0, 0.05) is 12.2 Å². The molecule has 0 amide bonds. The van der Waals surface area contributed by atoms with E-state index in [1.54, 1.807) is 6.92 Å². The van der Waals surface area contributed by atoms with E-state index < -0.39 is 27.4 Å². The van der Waals surface area contributed by atoms with E-state index in [1.807, 2.05) is 0 Å². The molecule has 1 fully saturated rings. The van der Waals surface area contributed by atoms with Crippen molar-refractivity contribution in [1.29, 1.82) is 0 Å². The first-order valence-electron chi connectivity index (χ1n) is 6.36. The van der Waals surface area contributed by atoms with Gasteiger partial charge in [-0.2, -0.15) is 17.5 Å². The minimum Gasteiger partial charge on any atom is -0.236 e. The predicted octanol–water partition coefficient (Wildman–Crippen LogP) is 2.07. The summed E-state index contributed by atoms with van der Waals surface area (Å²) >= 11 is 0. The average molecular weight is 323 g/mol. The Morgan fingerprint density at radius 1 is 1.33 bits per heavy atom. The minimum absolute atomic E-state index is 0.0993. The van der Waals surface area contributed by atoms with Gasteiger partial charge in [-0.25, -0.2) is 18.4 Å². The van der Waals surface area contributed by atoms with Crippen LogP contribution in [-0.4, -0.2) is 35.5 Å². The first-order valence-corrected chi connectivity index (χ1v) is 8.20. The summed E-state index contributed by atoms with van der Waals surface area (Å²) < 4.78 is 63.5. The maximum Gasteiger partial charge on any atom is 0.433 e. The van der Waals surface area contributed by atoms with Crippen molar-refractivity contribution in [1.82, 2.24) is 14.3 Å². The average Bonchev–Trinajstić information content (AvgIpc) is 2.70. The summed E-state index contributed by atoms with van der Waals surface area (Å²) in [5.74, 6) is -0.0993. The third kappa shape index (κ3) is 3.03. The quantitative estimate of drug-likeness (QED) is 0.836. The Morgan fingerprint density at radius 3 is 2.48 bits per heavy atom. The van der Waals surface area contributed by atoms with Crippen LogP contribution in [0.1, 0.15) is 37.0 Å². The summed E-state index contributed by atoms with van der Waals surface area (Å²) in [6.45, 7) is 3.26. The van der Waals surface area contributed by atoms with Crippen LogP contribution in [0.3, 0.4) is 0 Å². The smallest absolute Gasteiger partial charge is 0.236 e. The lowest BCUT2D eigenvalue weighted by molar-refractivity contribution is -0.141. The van der Waals surface area contributed by atoms with Gasteiger partial charge in [-0.05, 0) is 32.8 Å². The van der Waals surface area contributed by atoms with Crippen molar-refractivity contribution < 1.29 is 21.6 Å². The van der Waals surface area contributed by atoms with Crippen LogP contribution in [0.15, 0.2) is 6.07 Å². The molecule has 2 rings (SSSR count). The third-order valence-electron chi connectivity index (χ3n) is 3.60. The highest BCUT2D eigenvalue weighted by Crippen LogP contribution is 2.39. The number of sulfonamides is 1. The Kier molecular flexibility index (Phi) is 3.78. The molecule has 5 nitrogen and oxygen atoms in total. The highest BCUT2D eigenvalue weighted by atomic mass is 32.2. The van der Waals surface area contributed by atoms with Crippen molar-refractivity contribution in [2.24, 2.45) is 0 Å². The Hall–Kier alpha value is -1.22. The lowest BCUT2D eigenvalue weighted by Crippen LogP contribution is -2.43. The van der Waals surface area contributed by atoms with Crippen LogP contribution in [0.5, 0.6) is 0 Å². The Morgan fingerprint density at radius 2 is 1.95 bits per heavy atom. The number of hydrogen-bond acceptors (Lipinski definition) is 4. The Balaban J connectivity index is 2.58. The van der Waals surface area contributed by atoms with Crippen molar-refractivity contribution in [3.8, 4) is 0 Å². The van der Waals surface area contributed by atoms with Gasteiger partial charge in [-0.3, -0.25) is 0 Å². The lowest BCUT2D eigenvalue weighted by Gasteiger charge is -2.32. The second-order valence-electron chi connectivity index (χ2n) is 5.43. The molecule has 2 heterocycles. The van der Waals surface area contributed by atoms with E-state index in [9.17, 15) is 21.6 Å². The first kappa shape index (κ1) is 16.2. The zero-order chi connectivity index (χ0) is 16.1. The highest BCUT2D eigenvalue weighted by Gasteiger charge is 2.46. The highest BCUT2D eigenvalue weighted by molar-refractivity contribution is 7.88. The SMILES string of the molecule is Cc1cc(C(F)(F)F)nc([C@@]2(C)CCCN2S(C)(=O)=O)n1. The molecule has 0 N–H and O–H groups in total. The molecule has 0 aliphatic carbocycles. The van der Waals surface area contributed by atoms with Crippen LogP contribution in [0.4, 0.5) is 13.2 Å². The fraction of sp³-hybridized carbons (Fsp3) is 0.667. The fourth-order valence-electron chi connectivity index (χ4n) is 2.65. The molecule has 118 valence electrons. The van der Waals surface area contributed by atoms with Crippen molar-refractivity contribution >= 4 is 10.0 Å². The second-order valence-corrected chi connectivity index (χ2v) is 7.34. The molecule has 9 heteroatoms. The molecule has 0 bridgehead atoms. The van der Waals surface area contributed by atoms with Crippen molar-refractivity contribution in [3.05, 3.63) is 23.3 Å². The van der Waals surface area contributed by atoms with E-state index in [1.165, 1.54) is 11.2 Å². The number of halogens is 3. The number of aryl methyl sites for hydroxylation is 1. The summed E-state index contributed by atoms with van der Waals surface area (Å²) in [4.78, 5) is 7.63. The third-order valence-corrected chi connectivity index (χ3v) is 4.99. The van der Waals surface area contributed by atoms with Gasteiger partial charge in [0.25, 0.3) is 0 Å². The van der Waals surface area contributed by atoms with Gasteiger partial charge in [0.05, 0.1) is 11.8 Å². The zero-order valence-electron chi connectivity index (χ0n) is 11.9. The largest absolute Gasteiger partial charge is 0.433 e. The number of nitrogens with zero attached hydrogens (tertiary/aromatic N) is 3. The van der Waals surface area contributed by atoms with Crippen molar-refractivity contribution in [2.45, 2.75) is 38.4 Å². The normalized spacial score (nSPS) is 24.5. The molecule has 1 aliphatic heterocycles. The molecular weight excluding hydrogens is 307 g/mol. The van der Waals surface area contributed by atoms with Crippen molar-refractivity contribution in [2.75, 3.05) is 12.8 Å². The first-order chi connectivity index (χ1) is 9.44. The van der Waals surface area contributed by atoms with Crippen LogP contribution in [0, 0.1) is 6.92 Å². The second kappa shape index (κ2) is 4.91. The molecule has 0 spiro atoms. The number of hydrogen-bond donors (Lipinski definition) is 0. The maximum atomic E-state index is 12.9. The Labute approximate surface area is 121 Å². The van der Waals surface area contributed by atoms with Crippen LogP contribution in [-0.2, 0) is 21.7 Å². The summed E-state index contributed by atoms with van der Waals surface area (Å²) in [5, 5.41) is 0. The summed E-state index contributed by atoms with van der Waals surface area (Å²) in [6.07, 6.45) is -2.60. The summed E-state index contributed by atoms with van der Waals surface area (Å²) in [7, 11) is -3.55. The van der Waals surface area contributed by atoms with Gasteiger partial charge in [0.15, 0.2) is 0 Å². The van der Waals surface area contributed by atoms with E-state index in [0.29, 0.717) is 12.8 Å². The molecule has 1 aliphatic rings. The molecule has 1 aromatic rings. The molecule has 1 saturated heterocycles. The number of rotatable bonds is 2. The molecule has 0 radical (unpaired) electrons. The fourth-order valence-corrected chi connectivity index (χ4v) is 4.01. The predicted molar refractivity (Wildman–Crippen MR) is 69.9 cm³/mol. The topological polar surface area (TPSA) is 63.2 Å². The van der Waals surface area contributed by atoms with E-state index in [0.717, 1.165) is 12.3 Å². The summed E-state index contributed by atoms with van der Waals surface area (Å²) in [6, 6.07) is 0.854. The van der Waals surface area contributed by atoms with Crippen LogP contribution < -0.4 is 0 Å². The van der Waals surface area contributed by atoms with Gasteiger partial charge >= 0.3 is 6.18 Å². The molecule has 0 aromatic carbocycles. The summed E-state index contributed by atoms with van der Waals surface area (Å²) in [5.41, 5.74) is -2.03. The number of aromatic nitrogens is 2. The van der Waals surface area contributed by atoms with Gasteiger partial charge in [-0.1, -0.05) is 0 Å². The molecule has 0 unspecified atom stereocenters. The number of alkyl halides is 3. The molecular formula is C12H16F3N3O2S. The standard InChI is InChI=1S/C12H16F3N3O2S/c1-8-7-9(12(13,14)15)17-10(16-8)11(2)5-4-6-18(11)21(3,19)20/h7H,4-6H2,1-3H3/t11-/m1/s1. The van der Waals surface area contributed by atoms with Gasteiger partial charge in [0.1, 0.15) is 11.5 Å². The zero-order valence-corrected chi connectivity index (χ0v) is 12.7. The van der Waals surface area contributed by atoms with E-state index in [2.05, 4.69) is 9.97 Å². The molecule has 21 heavy (non-hydrogen) atoms. The molecule has 0 saturated carbocycles. The minimum atomic E-state index is -4.59. The monoisotopic (exact) mass is 323 g/mol. The molecule has 1 aromatic heterocycles. The van der Waals surface area contributed by atoms with Crippen LogP contribution in [0.25, 0.3) is 0 Å². The van der Waals surface area contributed by atoms with Crippen LogP contribution in [0.2, 0.25) is 0 Å². The molecule has 1 atom stereocenters. The Bertz CT molecular complexity index is 660. The van der Waals surface area contributed by atoms with Gasteiger partial charge in [0.2, 0.25) is 10.0 Å². The van der Waals surface area contributed by atoms with Crippen molar-refractivity contribution in [3.63, 3.8) is 0 Å². The maximum absolute atomic E-state index is 12.9. The van der Waals surface area contributed by atoms with E-state index in [-0.39, 0.29) is 18.1 Å².